The van der Waals surface area contributed by atoms with Gasteiger partial charge in [-0.1, -0.05) is 23.3 Å². The molecular weight excluding hydrogens is 404 g/mol. The van der Waals surface area contributed by atoms with Gasteiger partial charge in [0, 0.05) is 6.08 Å². The first-order chi connectivity index (χ1) is 14.6. The molecule has 0 spiro atoms. The Bertz CT molecular complexity index is 1260. The molecule has 1 aromatic heterocycles. The van der Waals surface area contributed by atoms with Gasteiger partial charge in [0.1, 0.15) is 21.7 Å². The van der Waals surface area contributed by atoms with Crippen molar-refractivity contribution in [2.24, 2.45) is 4.99 Å². The number of thiazole rings is 1. The number of fused-ring (bicyclic) bond motifs is 2. The SMILES string of the molecule is C#CCn1c(=NC(=O)C=Cc2ccc3c(c2)OCO3)sc2c(OC)ccc(OC)c21. The van der Waals surface area contributed by atoms with Crippen LogP contribution in [0.25, 0.3) is 16.3 Å². The number of aromatic nitrogens is 1. The average Bonchev–Trinajstić information content (AvgIpc) is 3.36. The van der Waals surface area contributed by atoms with Gasteiger partial charge in [-0.2, -0.15) is 4.99 Å². The highest BCUT2D eigenvalue weighted by atomic mass is 32.1. The van der Waals surface area contributed by atoms with Gasteiger partial charge in [-0.25, -0.2) is 0 Å². The first-order valence-electron chi connectivity index (χ1n) is 8.99. The summed E-state index contributed by atoms with van der Waals surface area (Å²) in [4.78, 5) is 17.2. The van der Waals surface area contributed by atoms with Crippen molar-refractivity contribution < 1.29 is 23.7 Å². The maximum atomic E-state index is 12.5. The van der Waals surface area contributed by atoms with E-state index in [1.165, 1.54) is 17.4 Å². The van der Waals surface area contributed by atoms with Crippen LogP contribution in [0.1, 0.15) is 5.56 Å². The molecular formula is C22H18N2O5S. The van der Waals surface area contributed by atoms with Crippen molar-refractivity contribution in [1.82, 2.24) is 4.57 Å². The van der Waals surface area contributed by atoms with Crippen LogP contribution in [0.15, 0.2) is 41.4 Å². The molecule has 0 saturated heterocycles. The van der Waals surface area contributed by atoms with Crippen LogP contribution in [0.5, 0.6) is 23.0 Å². The lowest BCUT2D eigenvalue weighted by atomic mass is 10.2. The predicted octanol–water partition coefficient (Wildman–Crippen LogP) is 3.22. The fourth-order valence-corrected chi connectivity index (χ4v) is 4.24. The van der Waals surface area contributed by atoms with E-state index >= 15 is 0 Å². The normalized spacial score (nSPS) is 13.0. The number of hydrogen-bond donors (Lipinski definition) is 0. The number of hydrogen-bond acceptors (Lipinski definition) is 6. The maximum Gasteiger partial charge on any atom is 0.272 e. The molecule has 7 nitrogen and oxygen atoms in total. The third-order valence-electron chi connectivity index (χ3n) is 4.46. The Morgan fingerprint density at radius 2 is 2.00 bits per heavy atom. The van der Waals surface area contributed by atoms with Gasteiger partial charge in [-0.3, -0.25) is 4.79 Å². The van der Waals surface area contributed by atoms with Crippen LogP contribution >= 0.6 is 11.3 Å². The third-order valence-corrected chi connectivity index (χ3v) is 5.56. The number of carbonyl (C=O) groups is 1. The number of benzene rings is 2. The van der Waals surface area contributed by atoms with Crippen LogP contribution in [0.3, 0.4) is 0 Å². The van der Waals surface area contributed by atoms with E-state index < -0.39 is 5.91 Å². The molecule has 4 rings (SSSR count). The number of methoxy groups -OCH3 is 2. The Labute approximate surface area is 176 Å². The molecule has 1 aliphatic heterocycles. The van der Waals surface area contributed by atoms with Crippen molar-refractivity contribution in [1.29, 1.82) is 0 Å². The van der Waals surface area contributed by atoms with Crippen molar-refractivity contribution in [2.75, 3.05) is 21.0 Å². The van der Waals surface area contributed by atoms with Crippen molar-refractivity contribution in [3.8, 4) is 35.3 Å². The summed E-state index contributed by atoms with van der Waals surface area (Å²) in [5.41, 5.74) is 1.55. The summed E-state index contributed by atoms with van der Waals surface area (Å²) in [6, 6.07) is 9.05. The smallest absolute Gasteiger partial charge is 0.272 e. The molecule has 0 saturated carbocycles. The third kappa shape index (κ3) is 3.63. The highest BCUT2D eigenvalue weighted by Crippen LogP contribution is 2.35. The Hall–Kier alpha value is -3.70. The largest absolute Gasteiger partial charge is 0.495 e. The molecule has 0 radical (unpaired) electrons. The number of amides is 1. The molecule has 8 heteroatoms. The van der Waals surface area contributed by atoms with E-state index in [9.17, 15) is 4.79 Å². The van der Waals surface area contributed by atoms with Crippen molar-refractivity contribution >= 4 is 33.5 Å². The van der Waals surface area contributed by atoms with Gasteiger partial charge in [0.25, 0.3) is 5.91 Å². The molecule has 0 fully saturated rings. The summed E-state index contributed by atoms with van der Waals surface area (Å²) in [6.45, 7) is 0.437. The van der Waals surface area contributed by atoms with E-state index in [1.54, 1.807) is 43.1 Å². The highest BCUT2D eigenvalue weighted by molar-refractivity contribution is 7.16. The standard InChI is InChI=1S/C22H18N2O5S/c1-4-11-24-20-16(26-2)8-9-17(27-3)21(20)30-22(24)23-19(25)10-6-14-5-7-15-18(12-14)29-13-28-15/h1,5-10,12H,11,13H2,2-3H3. The van der Waals surface area contributed by atoms with E-state index in [1.807, 2.05) is 12.1 Å². The number of nitrogens with zero attached hydrogens (tertiary/aromatic N) is 2. The van der Waals surface area contributed by atoms with E-state index in [-0.39, 0.29) is 13.3 Å². The number of terminal acetylenes is 1. The van der Waals surface area contributed by atoms with Crippen molar-refractivity contribution in [3.63, 3.8) is 0 Å². The summed E-state index contributed by atoms with van der Waals surface area (Å²) in [5, 5.41) is 0. The topological polar surface area (TPSA) is 71.3 Å². The van der Waals surface area contributed by atoms with E-state index in [0.29, 0.717) is 27.8 Å². The molecule has 0 atom stereocenters. The first kappa shape index (κ1) is 19.6. The molecule has 1 amide bonds. The molecule has 0 unspecified atom stereocenters. The maximum absolute atomic E-state index is 12.5. The summed E-state index contributed by atoms with van der Waals surface area (Å²) in [6.07, 6.45) is 8.62. The molecule has 3 aromatic rings. The molecule has 0 N–H and O–H groups in total. The highest BCUT2D eigenvalue weighted by Gasteiger charge is 2.16. The first-order valence-corrected chi connectivity index (χ1v) is 9.80. The van der Waals surface area contributed by atoms with Crippen molar-refractivity contribution in [2.45, 2.75) is 6.54 Å². The van der Waals surface area contributed by atoms with Gasteiger partial charge in [0.15, 0.2) is 16.3 Å². The molecule has 0 bridgehead atoms. The monoisotopic (exact) mass is 422 g/mol. The quantitative estimate of drug-likeness (QED) is 0.466. The summed E-state index contributed by atoms with van der Waals surface area (Å²) in [5.74, 6) is 4.81. The Morgan fingerprint density at radius 1 is 1.23 bits per heavy atom. The summed E-state index contributed by atoms with van der Waals surface area (Å²) < 4.78 is 24.1. The van der Waals surface area contributed by atoms with Crippen molar-refractivity contribution in [3.05, 3.63) is 46.8 Å². The van der Waals surface area contributed by atoms with Crippen LogP contribution < -0.4 is 23.7 Å². The Balaban J connectivity index is 1.73. The van der Waals surface area contributed by atoms with Crippen LogP contribution in [-0.4, -0.2) is 31.5 Å². The fraction of sp³-hybridized carbons (Fsp3) is 0.182. The lowest BCUT2D eigenvalue weighted by Crippen LogP contribution is -2.16. The lowest BCUT2D eigenvalue weighted by Gasteiger charge is -2.08. The van der Waals surface area contributed by atoms with Gasteiger partial charge in [0.05, 0.1) is 20.8 Å². The van der Waals surface area contributed by atoms with Gasteiger partial charge in [-0.05, 0) is 35.9 Å². The second-order valence-corrected chi connectivity index (χ2v) is 7.20. The second kappa shape index (κ2) is 8.35. The van der Waals surface area contributed by atoms with Gasteiger partial charge in [0.2, 0.25) is 6.79 Å². The van der Waals surface area contributed by atoms with E-state index in [4.69, 9.17) is 25.4 Å². The van der Waals surface area contributed by atoms with Crippen LogP contribution in [-0.2, 0) is 11.3 Å². The number of ether oxygens (including phenoxy) is 4. The summed E-state index contributed by atoms with van der Waals surface area (Å²) >= 11 is 1.32. The second-order valence-electron chi connectivity index (χ2n) is 6.22. The molecule has 1 aliphatic rings. The van der Waals surface area contributed by atoms with Gasteiger partial charge < -0.3 is 23.5 Å². The molecule has 152 valence electrons. The zero-order chi connectivity index (χ0) is 21.1. The van der Waals surface area contributed by atoms with Crippen LogP contribution in [0.4, 0.5) is 0 Å². The lowest BCUT2D eigenvalue weighted by molar-refractivity contribution is -0.113. The van der Waals surface area contributed by atoms with Crippen LogP contribution in [0.2, 0.25) is 0 Å². The van der Waals surface area contributed by atoms with Gasteiger partial charge >= 0.3 is 0 Å². The minimum atomic E-state index is -0.414. The zero-order valence-corrected chi connectivity index (χ0v) is 17.2. The molecule has 0 aliphatic carbocycles. The van der Waals surface area contributed by atoms with Gasteiger partial charge in [-0.15, -0.1) is 6.42 Å². The fourth-order valence-electron chi connectivity index (χ4n) is 3.09. The van der Waals surface area contributed by atoms with E-state index in [0.717, 1.165) is 15.8 Å². The minimum Gasteiger partial charge on any atom is -0.495 e. The van der Waals surface area contributed by atoms with E-state index in [2.05, 4.69) is 10.9 Å². The number of carbonyl (C=O) groups excluding carboxylic acids is 1. The summed E-state index contributed by atoms with van der Waals surface area (Å²) in [7, 11) is 3.16. The Morgan fingerprint density at radius 3 is 2.77 bits per heavy atom. The number of rotatable bonds is 5. The molecule has 2 heterocycles. The predicted molar refractivity (Wildman–Crippen MR) is 114 cm³/mol. The average molecular weight is 422 g/mol. The van der Waals surface area contributed by atoms with Crippen LogP contribution in [0, 0.1) is 12.3 Å². The zero-order valence-electron chi connectivity index (χ0n) is 16.4. The Kier molecular flexibility index (Phi) is 5.46. The molecule has 30 heavy (non-hydrogen) atoms. The molecule has 2 aromatic carbocycles. The minimum absolute atomic E-state index is 0.199.